The molecule has 0 amide bonds. The Morgan fingerprint density at radius 3 is 1.67 bits per heavy atom. The van der Waals surface area contributed by atoms with Crippen LogP contribution in [0.5, 0.6) is 0 Å². The molecule has 0 aromatic carbocycles. The number of alkyl halides is 2. The maximum atomic E-state index is 13.2. The van der Waals surface area contributed by atoms with E-state index in [1.54, 1.807) is 13.8 Å². The minimum absolute atomic E-state index is 0.148. The summed E-state index contributed by atoms with van der Waals surface area (Å²) in [7, 11) is 0. The predicted molar refractivity (Wildman–Crippen MR) is 45.5 cm³/mol. The first-order valence-electron chi connectivity index (χ1n) is 4.31. The van der Waals surface area contributed by atoms with Crippen molar-refractivity contribution in [3.63, 3.8) is 0 Å². The number of hydrogen-bond donors (Lipinski definition) is 0. The Balaban J connectivity index is 4.15. The van der Waals surface area contributed by atoms with E-state index < -0.39 is 17.9 Å². The molecule has 1 nitrogen and oxygen atoms in total. The summed E-state index contributed by atoms with van der Waals surface area (Å²) >= 11 is 0. The van der Waals surface area contributed by atoms with Crippen LogP contribution in [0.4, 0.5) is 8.78 Å². The van der Waals surface area contributed by atoms with Crippen molar-refractivity contribution in [2.45, 2.75) is 52.7 Å². The maximum absolute atomic E-state index is 13.2. The molecule has 0 aromatic rings. The lowest BCUT2D eigenvalue weighted by Gasteiger charge is -2.28. The van der Waals surface area contributed by atoms with Crippen LogP contribution in [0.3, 0.4) is 0 Å². The van der Waals surface area contributed by atoms with Crippen LogP contribution in [0.15, 0.2) is 0 Å². The van der Waals surface area contributed by atoms with Crippen molar-refractivity contribution < 1.29 is 13.5 Å². The molecule has 0 radical (unpaired) electrons. The fourth-order valence-corrected chi connectivity index (χ4v) is 0.968. The molecule has 12 heavy (non-hydrogen) atoms. The van der Waals surface area contributed by atoms with Gasteiger partial charge in [0.1, 0.15) is 6.10 Å². The van der Waals surface area contributed by atoms with Gasteiger partial charge in [-0.25, -0.2) is 8.78 Å². The Kier molecular flexibility index (Phi) is 4.11. The van der Waals surface area contributed by atoms with Crippen molar-refractivity contribution in [1.29, 1.82) is 0 Å². The number of rotatable bonds is 4. The van der Waals surface area contributed by atoms with Crippen LogP contribution in [0, 0.1) is 5.92 Å². The summed E-state index contributed by atoms with van der Waals surface area (Å²) in [5.74, 6) is -3.41. The first-order valence-corrected chi connectivity index (χ1v) is 4.31. The van der Waals surface area contributed by atoms with Crippen molar-refractivity contribution in [3.8, 4) is 0 Å². The largest absolute Gasteiger partial charge is 0.370 e. The highest BCUT2D eigenvalue weighted by atomic mass is 19.3. The van der Waals surface area contributed by atoms with Gasteiger partial charge in [0.05, 0.1) is 6.10 Å². The highest BCUT2D eigenvalue weighted by molar-refractivity contribution is 4.77. The third-order valence-corrected chi connectivity index (χ3v) is 1.79. The van der Waals surface area contributed by atoms with Crippen molar-refractivity contribution in [2.24, 2.45) is 5.92 Å². The SMILES string of the molecule is CC(C)OC(C)C(F)(F)C(C)C. The zero-order valence-corrected chi connectivity index (χ0v) is 8.40. The summed E-state index contributed by atoms with van der Waals surface area (Å²) in [6.45, 7) is 7.93. The monoisotopic (exact) mass is 180 g/mol. The van der Waals surface area contributed by atoms with Gasteiger partial charge in [-0.15, -0.1) is 0 Å². The van der Waals surface area contributed by atoms with E-state index in [0.717, 1.165) is 0 Å². The van der Waals surface area contributed by atoms with Gasteiger partial charge in [0, 0.05) is 5.92 Å². The molecule has 74 valence electrons. The van der Waals surface area contributed by atoms with E-state index in [1.807, 2.05) is 0 Å². The van der Waals surface area contributed by atoms with E-state index in [9.17, 15) is 8.78 Å². The fraction of sp³-hybridized carbons (Fsp3) is 1.00. The fourth-order valence-electron chi connectivity index (χ4n) is 0.968. The van der Waals surface area contributed by atoms with E-state index in [2.05, 4.69) is 0 Å². The molecule has 0 aromatic heterocycles. The Hall–Kier alpha value is -0.180. The van der Waals surface area contributed by atoms with Gasteiger partial charge in [-0.05, 0) is 20.8 Å². The Labute approximate surface area is 73.1 Å². The van der Waals surface area contributed by atoms with E-state index in [1.165, 1.54) is 20.8 Å². The molecule has 3 heteroatoms. The zero-order valence-electron chi connectivity index (χ0n) is 8.40. The van der Waals surface area contributed by atoms with Gasteiger partial charge >= 0.3 is 0 Å². The highest BCUT2D eigenvalue weighted by Gasteiger charge is 2.40. The predicted octanol–water partition coefficient (Wildman–Crippen LogP) is 3.09. The first-order chi connectivity index (χ1) is 5.28. The molecule has 0 aliphatic carbocycles. The lowest BCUT2D eigenvalue weighted by atomic mass is 10.0. The minimum Gasteiger partial charge on any atom is -0.370 e. The van der Waals surface area contributed by atoms with Gasteiger partial charge in [-0.3, -0.25) is 0 Å². The normalized spacial score (nSPS) is 15.8. The third kappa shape index (κ3) is 3.05. The Morgan fingerprint density at radius 1 is 1.00 bits per heavy atom. The van der Waals surface area contributed by atoms with Gasteiger partial charge < -0.3 is 4.74 Å². The molecule has 1 atom stereocenters. The molecule has 0 heterocycles. The lowest BCUT2D eigenvalue weighted by molar-refractivity contribution is -0.168. The second kappa shape index (κ2) is 4.17. The first kappa shape index (κ1) is 11.8. The second-order valence-corrected chi connectivity index (χ2v) is 3.66. The summed E-state index contributed by atoms with van der Waals surface area (Å²) in [4.78, 5) is 0. The van der Waals surface area contributed by atoms with Gasteiger partial charge in [-0.2, -0.15) is 0 Å². The van der Waals surface area contributed by atoms with Crippen molar-refractivity contribution >= 4 is 0 Å². The molecule has 1 unspecified atom stereocenters. The quantitative estimate of drug-likeness (QED) is 0.646. The topological polar surface area (TPSA) is 9.23 Å². The van der Waals surface area contributed by atoms with Gasteiger partial charge in [-0.1, -0.05) is 13.8 Å². The molecule has 0 fully saturated rings. The number of ether oxygens (including phenoxy) is 1. The second-order valence-electron chi connectivity index (χ2n) is 3.66. The molecule has 0 saturated heterocycles. The Bertz CT molecular complexity index is 132. The maximum Gasteiger partial charge on any atom is 0.275 e. The van der Waals surface area contributed by atoms with Crippen molar-refractivity contribution in [1.82, 2.24) is 0 Å². The van der Waals surface area contributed by atoms with Crippen molar-refractivity contribution in [2.75, 3.05) is 0 Å². The third-order valence-electron chi connectivity index (χ3n) is 1.79. The summed E-state index contributed by atoms with van der Waals surface area (Å²) in [5, 5.41) is 0. The molecule has 0 spiro atoms. The van der Waals surface area contributed by atoms with E-state index in [0.29, 0.717) is 0 Å². The molecule has 0 aliphatic rings. The van der Waals surface area contributed by atoms with Gasteiger partial charge in [0.25, 0.3) is 5.92 Å². The average Bonchev–Trinajstić information content (AvgIpc) is 1.85. The lowest BCUT2D eigenvalue weighted by Crippen LogP contribution is -2.39. The average molecular weight is 180 g/mol. The summed E-state index contributed by atoms with van der Waals surface area (Å²) in [6, 6.07) is 0. The summed E-state index contributed by atoms with van der Waals surface area (Å²) in [5.41, 5.74) is 0. The molecular formula is C9H18F2O. The van der Waals surface area contributed by atoms with Crippen LogP contribution in [-0.4, -0.2) is 18.1 Å². The summed E-state index contributed by atoms with van der Waals surface area (Å²) < 4.78 is 31.4. The van der Waals surface area contributed by atoms with E-state index >= 15 is 0 Å². The van der Waals surface area contributed by atoms with Crippen LogP contribution >= 0.6 is 0 Å². The Morgan fingerprint density at radius 2 is 1.42 bits per heavy atom. The van der Waals surface area contributed by atoms with E-state index in [4.69, 9.17) is 4.74 Å². The standard InChI is InChI=1S/C9H18F2O/c1-6(2)9(10,11)8(5)12-7(3)4/h6-8H,1-5H3. The van der Waals surface area contributed by atoms with Crippen LogP contribution in [0.2, 0.25) is 0 Å². The zero-order chi connectivity index (χ0) is 9.94. The van der Waals surface area contributed by atoms with Crippen LogP contribution in [-0.2, 0) is 4.74 Å². The van der Waals surface area contributed by atoms with Crippen LogP contribution in [0.25, 0.3) is 0 Å². The molecule has 0 aliphatic heterocycles. The minimum atomic E-state index is -2.73. The van der Waals surface area contributed by atoms with Gasteiger partial charge in [0.2, 0.25) is 0 Å². The number of halogens is 2. The highest BCUT2D eigenvalue weighted by Crippen LogP contribution is 2.30. The van der Waals surface area contributed by atoms with Crippen molar-refractivity contribution in [3.05, 3.63) is 0 Å². The molecular weight excluding hydrogens is 162 g/mol. The summed E-state index contributed by atoms with van der Waals surface area (Å²) in [6.07, 6.45) is -1.15. The van der Waals surface area contributed by atoms with Gasteiger partial charge in [0.15, 0.2) is 0 Å². The number of hydrogen-bond acceptors (Lipinski definition) is 1. The molecule has 0 rings (SSSR count). The molecule has 0 saturated carbocycles. The smallest absolute Gasteiger partial charge is 0.275 e. The van der Waals surface area contributed by atoms with Crippen LogP contribution < -0.4 is 0 Å². The van der Waals surface area contributed by atoms with E-state index in [-0.39, 0.29) is 6.10 Å². The molecule has 0 bridgehead atoms. The van der Waals surface area contributed by atoms with Crippen LogP contribution in [0.1, 0.15) is 34.6 Å². The molecule has 0 N–H and O–H groups in total.